The number of aliphatic carboxylic acids is 1. The minimum absolute atomic E-state index is 0.0157. The Kier molecular flexibility index (Phi) is 30.0. The summed E-state index contributed by atoms with van der Waals surface area (Å²) in [7, 11) is 3.23. The van der Waals surface area contributed by atoms with Crippen molar-refractivity contribution in [3.05, 3.63) is 168 Å². The number of methoxy groups -OCH3 is 2. The van der Waals surface area contributed by atoms with Gasteiger partial charge in [0.15, 0.2) is 34.8 Å². The number of aromatic nitrogens is 4. The van der Waals surface area contributed by atoms with Gasteiger partial charge in [0.25, 0.3) is 0 Å². The second kappa shape index (κ2) is 37.4. The summed E-state index contributed by atoms with van der Waals surface area (Å²) in [4.78, 5) is 93.1. The number of amides is 1. The van der Waals surface area contributed by atoms with Gasteiger partial charge in [0, 0.05) is 82.0 Å². The Morgan fingerprint density at radius 3 is 1.66 bits per heavy atom. The first-order valence-electron chi connectivity index (χ1n) is 25.8. The molecule has 0 fully saturated rings. The van der Waals surface area contributed by atoms with E-state index in [1.54, 1.807) is 56.7 Å². The summed E-state index contributed by atoms with van der Waals surface area (Å²) >= 11 is 1.33. The molecule has 20 nitrogen and oxygen atoms in total. The predicted octanol–water partition coefficient (Wildman–Crippen LogP) is 7.56. The van der Waals surface area contributed by atoms with E-state index in [4.69, 9.17) is 39.4 Å². The standard InChI is InChI=1S/C34H42FN5O7S.C24H24FN3O3.CO2/c1-46-15-16-47-27-9-7-23(8-10-27)20-31-37-21-28(35)34(40-31)38-25-5-2-4-24(18-25)19-26(41)13-17-48-22-29(30(42)11-12-33(44)45)39-32(43)6-3-14-36;1-3-20(29)14-18-5-4-6-19(13-18)27-24-22(25)16-26-23(28-24)15-17-7-9-21(10-8-17)31-12-11-30-2;2-1-3/h2,4-5,7-10,18,21,29H,3,6,11-17,19-20,22,36H2,1H3,(H,39,43)(H,44,45)(H,37,38,40);3-10,13,16H,1,11-12,14-15H2,2H3,(H,26,27,28);/t29-;;/m0../s1. The number of nitrogens with two attached hydrogens (primary N) is 1. The molecule has 0 aliphatic rings. The molecule has 0 unspecified atom stereocenters. The Morgan fingerprint density at radius 1 is 0.695 bits per heavy atom. The molecule has 434 valence electrons. The molecule has 6 N–H and O–H groups in total. The van der Waals surface area contributed by atoms with Crippen LogP contribution >= 0.6 is 11.8 Å². The highest BCUT2D eigenvalue weighted by molar-refractivity contribution is 7.99. The number of carbonyl (C=O) groups is 5. The van der Waals surface area contributed by atoms with Crippen LogP contribution in [0.3, 0.4) is 0 Å². The topological polar surface area (TPSA) is 290 Å². The minimum Gasteiger partial charge on any atom is -0.491 e. The number of ketones is 3. The number of ether oxygens (including phenoxy) is 4. The van der Waals surface area contributed by atoms with E-state index in [9.17, 15) is 32.8 Å². The van der Waals surface area contributed by atoms with Crippen molar-refractivity contribution in [3.8, 4) is 11.5 Å². The quantitative estimate of drug-likeness (QED) is 0.0192. The van der Waals surface area contributed by atoms with Crippen LogP contribution in [0.25, 0.3) is 0 Å². The smallest absolute Gasteiger partial charge is 0.373 e. The fourth-order valence-electron chi connectivity index (χ4n) is 7.33. The summed E-state index contributed by atoms with van der Waals surface area (Å²) in [6, 6.07) is 28.4. The van der Waals surface area contributed by atoms with Crippen LogP contribution in [0, 0.1) is 11.6 Å². The largest absolute Gasteiger partial charge is 0.491 e. The fourth-order valence-corrected chi connectivity index (χ4v) is 8.37. The molecule has 0 saturated heterocycles. The van der Waals surface area contributed by atoms with Gasteiger partial charge in [-0.15, -0.1) is 0 Å². The zero-order chi connectivity index (χ0) is 59.5. The van der Waals surface area contributed by atoms with E-state index in [0.29, 0.717) is 86.8 Å². The lowest BCUT2D eigenvalue weighted by Crippen LogP contribution is -2.43. The van der Waals surface area contributed by atoms with Crippen molar-refractivity contribution in [2.75, 3.05) is 69.3 Å². The van der Waals surface area contributed by atoms with Crippen LogP contribution in [-0.2, 0) is 68.7 Å². The van der Waals surface area contributed by atoms with Crippen LogP contribution in [0.4, 0.5) is 31.8 Å². The van der Waals surface area contributed by atoms with Crippen molar-refractivity contribution >= 4 is 70.2 Å². The highest BCUT2D eigenvalue weighted by Gasteiger charge is 2.22. The normalized spacial score (nSPS) is 10.8. The third-order valence-electron chi connectivity index (χ3n) is 11.4. The van der Waals surface area contributed by atoms with Gasteiger partial charge in [-0.3, -0.25) is 24.0 Å². The lowest BCUT2D eigenvalue weighted by Gasteiger charge is -2.17. The number of allylic oxidation sites excluding steroid dienone is 1. The van der Waals surface area contributed by atoms with E-state index >= 15 is 0 Å². The zero-order valence-corrected chi connectivity index (χ0v) is 46.4. The average molecular weight is 1150 g/mol. The number of halogens is 2. The van der Waals surface area contributed by atoms with Gasteiger partial charge in [-0.2, -0.15) is 21.4 Å². The van der Waals surface area contributed by atoms with Gasteiger partial charge in [-0.25, -0.2) is 28.7 Å². The molecule has 0 radical (unpaired) electrons. The highest BCUT2D eigenvalue weighted by Crippen LogP contribution is 2.23. The lowest BCUT2D eigenvalue weighted by atomic mass is 10.1. The third-order valence-corrected chi connectivity index (χ3v) is 12.4. The van der Waals surface area contributed by atoms with Gasteiger partial charge < -0.3 is 45.7 Å². The molecule has 82 heavy (non-hydrogen) atoms. The van der Waals surface area contributed by atoms with Crippen LogP contribution in [0.5, 0.6) is 11.5 Å². The maximum absolute atomic E-state index is 14.6. The minimum atomic E-state index is -1.09. The molecule has 2 heterocycles. The first-order valence-corrected chi connectivity index (χ1v) is 26.9. The van der Waals surface area contributed by atoms with E-state index in [0.717, 1.165) is 40.4 Å². The van der Waals surface area contributed by atoms with Crippen molar-refractivity contribution in [3.63, 3.8) is 0 Å². The maximum atomic E-state index is 14.6. The lowest BCUT2D eigenvalue weighted by molar-refractivity contribution is -0.191. The zero-order valence-electron chi connectivity index (χ0n) is 45.5. The van der Waals surface area contributed by atoms with E-state index in [1.165, 1.54) is 17.8 Å². The number of carbonyl (C=O) groups excluding carboxylic acids is 6. The summed E-state index contributed by atoms with van der Waals surface area (Å²) in [5, 5.41) is 17.5. The van der Waals surface area contributed by atoms with Crippen LogP contribution in [-0.4, -0.2) is 125 Å². The van der Waals surface area contributed by atoms with E-state index in [-0.39, 0.29) is 85.3 Å². The van der Waals surface area contributed by atoms with Gasteiger partial charge in [-0.1, -0.05) is 55.1 Å². The first kappa shape index (κ1) is 65.9. The SMILES string of the molecule is C=CC(=O)Cc1cccc(Nc2nc(Cc3ccc(OCCOC)cc3)ncc2F)c1.COCCOc1ccc(Cc2ncc(F)c(Nc3cccc(CC(=O)CCSC[C@H](NC(=O)CCCN)C(=O)CCC(=O)O)c3)n2)cc1.O=C=O. The average Bonchev–Trinajstić information content (AvgIpc) is 3.46. The maximum Gasteiger partial charge on any atom is 0.373 e. The molecule has 6 aromatic rings. The molecule has 1 amide bonds. The number of Topliss-reactive ketones (excluding diaryl/α,β-unsaturated/α-hetero) is 2. The molecule has 4 aromatic carbocycles. The molecule has 23 heteroatoms. The molecule has 1 atom stereocenters. The summed E-state index contributed by atoms with van der Waals surface area (Å²) in [6.45, 7) is 5.75. The van der Waals surface area contributed by atoms with Crippen LogP contribution in [0.1, 0.15) is 66.0 Å². The number of hydrogen-bond acceptors (Lipinski definition) is 19. The summed E-state index contributed by atoms with van der Waals surface area (Å²) in [6.07, 6.45) is 5.37. The summed E-state index contributed by atoms with van der Waals surface area (Å²) in [5.74, 6) is 0.0231. The van der Waals surface area contributed by atoms with Gasteiger partial charge in [0.1, 0.15) is 42.1 Å². The van der Waals surface area contributed by atoms with Crippen LogP contribution in [0.15, 0.2) is 122 Å². The number of nitrogens with one attached hydrogen (secondary N) is 3. The monoisotopic (exact) mass is 1150 g/mol. The Bertz CT molecular complexity index is 3040. The predicted molar refractivity (Wildman–Crippen MR) is 303 cm³/mol. The number of benzene rings is 4. The number of carboxylic acid groups (broad SMARTS) is 1. The highest BCUT2D eigenvalue weighted by atomic mass is 32.2. The number of anilines is 4. The molecule has 0 aliphatic carbocycles. The summed E-state index contributed by atoms with van der Waals surface area (Å²) < 4.78 is 50.0. The van der Waals surface area contributed by atoms with Gasteiger partial charge in [0.2, 0.25) is 5.91 Å². The fraction of sp³-hybridized carbons (Fsp3) is 0.322. The number of nitrogens with zero attached hydrogens (tertiary/aromatic N) is 4. The van der Waals surface area contributed by atoms with Gasteiger partial charge in [0.05, 0.1) is 38.1 Å². The van der Waals surface area contributed by atoms with Crippen molar-refractivity contribution < 1.29 is 66.4 Å². The van der Waals surface area contributed by atoms with Crippen LogP contribution in [0.2, 0.25) is 0 Å². The molecule has 0 spiro atoms. The molecule has 0 bridgehead atoms. The number of thioether (sulfide) groups is 1. The first-order chi connectivity index (χ1) is 39.6. The van der Waals surface area contributed by atoms with E-state index in [1.807, 2.05) is 54.6 Å². The molecular formula is C59H66F2N8O12S. The van der Waals surface area contributed by atoms with Gasteiger partial charge >= 0.3 is 12.1 Å². The van der Waals surface area contributed by atoms with Crippen molar-refractivity contribution in [1.82, 2.24) is 25.3 Å². The van der Waals surface area contributed by atoms with Crippen molar-refractivity contribution in [2.45, 2.75) is 63.8 Å². The number of rotatable bonds is 34. The van der Waals surface area contributed by atoms with E-state index in [2.05, 4.69) is 42.5 Å². The molecule has 0 aliphatic heterocycles. The van der Waals surface area contributed by atoms with Gasteiger partial charge in [-0.05, 0) is 89.8 Å². The molecule has 0 saturated carbocycles. The second-order valence-corrected chi connectivity index (χ2v) is 18.9. The molecule has 6 rings (SSSR count). The second-order valence-electron chi connectivity index (χ2n) is 17.8. The van der Waals surface area contributed by atoms with Crippen molar-refractivity contribution in [1.29, 1.82) is 0 Å². The Hall–Kier alpha value is -8.60. The Balaban J connectivity index is 0.000000364. The molecule has 2 aromatic heterocycles. The molecular weight excluding hydrogens is 1080 g/mol. The number of hydrogen-bond donors (Lipinski definition) is 5. The Labute approximate surface area is 478 Å². The Morgan fingerprint density at radius 2 is 1.20 bits per heavy atom. The van der Waals surface area contributed by atoms with Crippen LogP contribution < -0.4 is 31.2 Å². The third kappa shape index (κ3) is 25.7. The number of carboxylic acids is 1. The summed E-state index contributed by atoms with van der Waals surface area (Å²) in [5.41, 5.74) is 10.1. The van der Waals surface area contributed by atoms with E-state index < -0.39 is 23.6 Å². The van der Waals surface area contributed by atoms with Crippen molar-refractivity contribution in [2.24, 2.45) is 5.73 Å².